The quantitative estimate of drug-likeness (QED) is 0.536. The molecule has 7 nitrogen and oxygen atoms in total. The summed E-state index contributed by atoms with van der Waals surface area (Å²) in [6.07, 6.45) is 0.00198. The van der Waals surface area contributed by atoms with Crippen LogP contribution in [-0.4, -0.2) is 41.2 Å². The van der Waals surface area contributed by atoms with E-state index >= 15 is 0 Å². The average molecular weight is 457 g/mol. The molecule has 27 heavy (non-hydrogen) atoms. The number of benzene rings is 2. The van der Waals surface area contributed by atoms with Crippen LogP contribution in [-0.2, 0) is 19.6 Å². The standard InChI is InChI=1S/C18H21BrN2O5S/c1-25-10-11-26-16-6-3-5-15(13-16)21-18(22)8-9-20-27(23,24)17-7-2-4-14(19)12-17/h2-7,12-13,20H,8-11H2,1H3,(H,21,22). The van der Waals surface area contributed by atoms with Gasteiger partial charge in [-0.3, -0.25) is 4.79 Å². The lowest BCUT2D eigenvalue weighted by atomic mass is 10.3. The molecular weight excluding hydrogens is 436 g/mol. The van der Waals surface area contributed by atoms with Crippen LogP contribution in [0.1, 0.15) is 6.42 Å². The van der Waals surface area contributed by atoms with Crippen LogP contribution in [0.15, 0.2) is 57.9 Å². The fraction of sp³-hybridized carbons (Fsp3) is 0.278. The minimum atomic E-state index is -3.66. The summed E-state index contributed by atoms with van der Waals surface area (Å²) in [4.78, 5) is 12.2. The zero-order valence-corrected chi connectivity index (χ0v) is 17.2. The molecule has 0 atom stereocenters. The highest BCUT2D eigenvalue weighted by molar-refractivity contribution is 9.10. The van der Waals surface area contributed by atoms with E-state index in [2.05, 4.69) is 26.0 Å². The van der Waals surface area contributed by atoms with Gasteiger partial charge in [-0.2, -0.15) is 0 Å². The van der Waals surface area contributed by atoms with E-state index in [1.165, 1.54) is 12.1 Å². The molecule has 0 aromatic heterocycles. The minimum Gasteiger partial charge on any atom is -0.491 e. The third-order valence-electron chi connectivity index (χ3n) is 3.42. The number of hydrogen-bond donors (Lipinski definition) is 2. The van der Waals surface area contributed by atoms with Gasteiger partial charge in [-0.05, 0) is 30.3 Å². The van der Waals surface area contributed by atoms with Crippen molar-refractivity contribution in [3.05, 3.63) is 53.0 Å². The second kappa shape index (κ2) is 10.4. The predicted octanol–water partition coefficient (Wildman–Crippen LogP) is 2.78. The van der Waals surface area contributed by atoms with Crippen molar-refractivity contribution in [2.75, 3.05) is 32.2 Å². The summed E-state index contributed by atoms with van der Waals surface area (Å²) in [7, 11) is -2.07. The van der Waals surface area contributed by atoms with Crippen LogP contribution in [0.25, 0.3) is 0 Å². The molecule has 0 bridgehead atoms. The van der Waals surface area contributed by atoms with Crippen LogP contribution < -0.4 is 14.8 Å². The third kappa shape index (κ3) is 7.30. The monoisotopic (exact) mass is 456 g/mol. The molecule has 2 N–H and O–H groups in total. The van der Waals surface area contributed by atoms with Gasteiger partial charge in [0.25, 0.3) is 0 Å². The fourth-order valence-electron chi connectivity index (χ4n) is 2.15. The van der Waals surface area contributed by atoms with Crippen LogP contribution in [0.4, 0.5) is 5.69 Å². The highest BCUT2D eigenvalue weighted by Crippen LogP contribution is 2.18. The number of rotatable bonds is 10. The topological polar surface area (TPSA) is 93.7 Å². The molecule has 0 saturated carbocycles. The van der Waals surface area contributed by atoms with Crippen LogP contribution in [0, 0.1) is 0 Å². The van der Waals surface area contributed by atoms with E-state index in [9.17, 15) is 13.2 Å². The Morgan fingerprint density at radius 3 is 2.63 bits per heavy atom. The summed E-state index contributed by atoms with van der Waals surface area (Å²) in [5.74, 6) is 0.307. The SMILES string of the molecule is COCCOc1cccc(NC(=O)CCNS(=O)(=O)c2cccc(Br)c2)c1. The Balaban J connectivity index is 1.83. The summed E-state index contributed by atoms with van der Waals surface area (Å²) in [5, 5.41) is 2.72. The molecule has 0 spiro atoms. The lowest BCUT2D eigenvalue weighted by Crippen LogP contribution is -2.27. The maximum atomic E-state index is 12.2. The van der Waals surface area contributed by atoms with Gasteiger partial charge in [0.2, 0.25) is 15.9 Å². The lowest BCUT2D eigenvalue weighted by Gasteiger charge is -2.10. The minimum absolute atomic E-state index is 0.00198. The number of amides is 1. The maximum absolute atomic E-state index is 12.2. The molecule has 2 aromatic rings. The van der Waals surface area contributed by atoms with Gasteiger partial charge in [0, 0.05) is 36.3 Å². The zero-order chi connectivity index (χ0) is 19.7. The Bertz CT molecular complexity index is 874. The maximum Gasteiger partial charge on any atom is 0.240 e. The van der Waals surface area contributed by atoms with Gasteiger partial charge >= 0.3 is 0 Å². The van der Waals surface area contributed by atoms with Gasteiger partial charge in [-0.25, -0.2) is 13.1 Å². The van der Waals surface area contributed by atoms with E-state index < -0.39 is 10.0 Å². The molecule has 0 saturated heterocycles. The number of carbonyl (C=O) groups is 1. The Morgan fingerprint density at radius 1 is 1.11 bits per heavy atom. The third-order valence-corrected chi connectivity index (χ3v) is 5.38. The predicted molar refractivity (Wildman–Crippen MR) is 106 cm³/mol. The van der Waals surface area contributed by atoms with E-state index in [1.807, 2.05) is 0 Å². The van der Waals surface area contributed by atoms with Gasteiger partial charge in [-0.1, -0.05) is 28.1 Å². The highest BCUT2D eigenvalue weighted by Gasteiger charge is 2.14. The van der Waals surface area contributed by atoms with E-state index in [1.54, 1.807) is 43.5 Å². The molecule has 0 aliphatic carbocycles. The van der Waals surface area contributed by atoms with Crippen LogP contribution in [0.2, 0.25) is 0 Å². The van der Waals surface area contributed by atoms with Gasteiger partial charge in [0.1, 0.15) is 12.4 Å². The number of halogens is 1. The van der Waals surface area contributed by atoms with E-state index in [4.69, 9.17) is 9.47 Å². The van der Waals surface area contributed by atoms with Gasteiger partial charge in [0.15, 0.2) is 0 Å². The van der Waals surface area contributed by atoms with E-state index in [0.29, 0.717) is 29.1 Å². The summed E-state index contributed by atoms with van der Waals surface area (Å²) in [5.41, 5.74) is 0.574. The van der Waals surface area contributed by atoms with E-state index in [-0.39, 0.29) is 23.8 Å². The number of anilines is 1. The first-order valence-corrected chi connectivity index (χ1v) is 10.5. The normalized spacial score (nSPS) is 11.2. The summed E-state index contributed by atoms with van der Waals surface area (Å²) < 4.78 is 37.9. The van der Waals surface area contributed by atoms with Crippen LogP contribution in [0.5, 0.6) is 5.75 Å². The Hall–Kier alpha value is -1.94. The van der Waals surface area contributed by atoms with Gasteiger partial charge in [-0.15, -0.1) is 0 Å². The number of carbonyl (C=O) groups excluding carboxylic acids is 1. The largest absolute Gasteiger partial charge is 0.491 e. The summed E-state index contributed by atoms with van der Waals surface area (Å²) >= 11 is 3.24. The van der Waals surface area contributed by atoms with Crippen molar-refractivity contribution in [1.82, 2.24) is 4.72 Å². The first kappa shape index (κ1) is 21.4. The zero-order valence-electron chi connectivity index (χ0n) is 14.8. The Labute approximate surface area is 167 Å². The first-order valence-electron chi connectivity index (χ1n) is 8.17. The summed E-state index contributed by atoms with van der Waals surface area (Å²) in [6, 6.07) is 13.3. The van der Waals surface area contributed by atoms with Crippen molar-refractivity contribution >= 4 is 37.5 Å². The Morgan fingerprint density at radius 2 is 1.89 bits per heavy atom. The Kier molecular flexibility index (Phi) is 8.23. The number of nitrogens with one attached hydrogen (secondary N) is 2. The van der Waals surface area contributed by atoms with Crippen molar-refractivity contribution in [2.24, 2.45) is 0 Å². The molecule has 146 valence electrons. The molecule has 1 amide bonds. The molecule has 0 heterocycles. The van der Waals surface area contributed by atoms with Gasteiger partial charge < -0.3 is 14.8 Å². The van der Waals surface area contributed by atoms with Crippen molar-refractivity contribution in [3.63, 3.8) is 0 Å². The van der Waals surface area contributed by atoms with Crippen molar-refractivity contribution < 1.29 is 22.7 Å². The van der Waals surface area contributed by atoms with Crippen molar-refractivity contribution in [2.45, 2.75) is 11.3 Å². The lowest BCUT2D eigenvalue weighted by molar-refractivity contribution is -0.116. The van der Waals surface area contributed by atoms with Crippen LogP contribution >= 0.6 is 15.9 Å². The van der Waals surface area contributed by atoms with Crippen LogP contribution in [0.3, 0.4) is 0 Å². The smallest absolute Gasteiger partial charge is 0.240 e. The molecule has 0 unspecified atom stereocenters. The average Bonchev–Trinajstić information content (AvgIpc) is 2.62. The molecule has 0 radical (unpaired) electrons. The number of sulfonamides is 1. The second-order valence-electron chi connectivity index (χ2n) is 5.52. The van der Waals surface area contributed by atoms with Gasteiger partial charge in [0.05, 0.1) is 11.5 Å². The molecular formula is C18H21BrN2O5S. The number of ether oxygens (including phenoxy) is 2. The molecule has 0 aliphatic rings. The summed E-state index contributed by atoms with van der Waals surface area (Å²) in [6.45, 7) is 0.866. The number of methoxy groups -OCH3 is 1. The molecule has 0 fully saturated rings. The van der Waals surface area contributed by atoms with Crippen molar-refractivity contribution in [3.8, 4) is 5.75 Å². The number of hydrogen-bond acceptors (Lipinski definition) is 5. The first-order chi connectivity index (χ1) is 12.9. The second-order valence-corrected chi connectivity index (χ2v) is 8.21. The molecule has 0 aliphatic heterocycles. The molecule has 2 rings (SSSR count). The van der Waals surface area contributed by atoms with Crippen molar-refractivity contribution in [1.29, 1.82) is 0 Å². The highest BCUT2D eigenvalue weighted by atomic mass is 79.9. The molecule has 2 aromatic carbocycles. The molecule has 9 heteroatoms. The fourth-order valence-corrected chi connectivity index (χ4v) is 3.77. The van der Waals surface area contributed by atoms with E-state index in [0.717, 1.165) is 0 Å².